The summed E-state index contributed by atoms with van der Waals surface area (Å²) in [5, 5.41) is 6.44. The van der Waals surface area contributed by atoms with Gasteiger partial charge in [0.05, 0.1) is 16.7 Å². The third kappa shape index (κ3) is 5.49. The monoisotopic (exact) mass is 598 g/mol. The lowest BCUT2D eigenvalue weighted by atomic mass is 9.84. The van der Waals surface area contributed by atoms with Gasteiger partial charge in [0, 0.05) is 33.3 Å². The van der Waals surface area contributed by atoms with E-state index in [0.29, 0.717) is 0 Å². The zero-order valence-electron chi connectivity index (χ0n) is 27.7. The number of fused-ring (bicyclic) bond motifs is 3. The van der Waals surface area contributed by atoms with Gasteiger partial charge < -0.3 is 9.88 Å². The van der Waals surface area contributed by atoms with Crippen LogP contribution >= 0.6 is 0 Å². The molecule has 7 aromatic rings. The second-order valence-electron chi connectivity index (χ2n) is 14.4. The lowest BCUT2D eigenvalue weighted by molar-refractivity contribution is 0.590. The Labute approximate surface area is 273 Å². The number of nitrogens with one attached hydrogen (secondary N) is 1. The van der Waals surface area contributed by atoms with Gasteiger partial charge in [-0.2, -0.15) is 0 Å². The molecule has 0 atom stereocenters. The fourth-order valence-corrected chi connectivity index (χ4v) is 6.51. The first-order valence-corrected chi connectivity index (χ1v) is 16.3. The molecule has 2 heteroatoms. The minimum atomic E-state index is 0.0604. The Balaban J connectivity index is 1.35. The first kappa shape index (κ1) is 29.6. The van der Waals surface area contributed by atoms with Crippen LogP contribution in [0.3, 0.4) is 0 Å². The summed E-state index contributed by atoms with van der Waals surface area (Å²) in [6, 6.07) is 50.9. The molecule has 0 amide bonds. The largest absolute Gasteiger partial charge is 0.355 e. The van der Waals surface area contributed by atoms with Gasteiger partial charge in [0.1, 0.15) is 0 Å². The minimum Gasteiger partial charge on any atom is -0.355 e. The van der Waals surface area contributed by atoms with Crippen LogP contribution < -0.4 is 5.32 Å². The molecule has 7 rings (SSSR count). The summed E-state index contributed by atoms with van der Waals surface area (Å²) in [6.07, 6.45) is 0. The Bertz CT molecular complexity index is 2050. The Kier molecular flexibility index (Phi) is 7.32. The third-order valence-corrected chi connectivity index (χ3v) is 9.12. The highest BCUT2D eigenvalue weighted by atomic mass is 15.0. The van der Waals surface area contributed by atoms with E-state index in [2.05, 4.69) is 191 Å². The van der Waals surface area contributed by atoms with Crippen molar-refractivity contribution in [2.24, 2.45) is 0 Å². The van der Waals surface area contributed by atoms with E-state index in [0.717, 1.165) is 17.1 Å². The van der Waals surface area contributed by atoms with Gasteiger partial charge in [0.2, 0.25) is 0 Å². The highest BCUT2D eigenvalue weighted by molar-refractivity contribution is 6.09. The smallest absolute Gasteiger partial charge is 0.0543 e. The molecule has 0 aliphatic carbocycles. The molecule has 1 aromatic heterocycles. The normalized spacial score (nSPS) is 12.1. The fraction of sp³-hybridized carbons (Fsp3) is 0.182. The van der Waals surface area contributed by atoms with E-state index in [-0.39, 0.29) is 10.8 Å². The summed E-state index contributed by atoms with van der Waals surface area (Å²) in [7, 11) is 0. The van der Waals surface area contributed by atoms with Crippen molar-refractivity contribution in [1.82, 2.24) is 4.57 Å². The average molecular weight is 599 g/mol. The molecular weight excluding hydrogens is 556 g/mol. The highest BCUT2D eigenvalue weighted by Gasteiger charge is 2.19. The van der Waals surface area contributed by atoms with Crippen molar-refractivity contribution in [1.29, 1.82) is 0 Å². The number of hydrogen-bond acceptors (Lipinski definition) is 1. The van der Waals surface area contributed by atoms with E-state index >= 15 is 0 Å². The predicted molar refractivity (Wildman–Crippen MR) is 199 cm³/mol. The number of nitrogens with zero attached hydrogens (tertiary/aromatic N) is 1. The lowest BCUT2D eigenvalue weighted by Crippen LogP contribution is -2.11. The second kappa shape index (κ2) is 11.4. The van der Waals surface area contributed by atoms with Crippen molar-refractivity contribution in [2.75, 3.05) is 5.32 Å². The van der Waals surface area contributed by atoms with Gasteiger partial charge in [0.15, 0.2) is 0 Å². The van der Waals surface area contributed by atoms with Gasteiger partial charge in [-0.05, 0) is 69.5 Å². The van der Waals surface area contributed by atoms with Crippen LogP contribution in [0.2, 0.25) is 0 Å². The standard InChI is InChI=1S/C44H42N2/c1-43(2,3)32-16-11-14-30(28-32)36-20-13-21-37(31-15-12-17-33(29-31)44(4,5)6)42(36)45-34-24-26-35(27-25-34)46-40-22-9-7-18-38(40)39-19-8-10-23-41(39)46/h7-29,45H,1-6H3. The predicted octanol–water partition coefficient (Wildman–Crippen LogP) is 12.5. The van der Waals surface area contributed by atoms with E-state index in [9.17, 15) is 0 Å². The highest BCUT2D eigenvalue weighted by Crippen LogP contribution is 2.41. The molecule has 0 saturated heterocycles. The van der Waals surface area contributed by atoms with Gasteiger partial charge >= 0.3 is 0 Å². The van der Waals surface area contributed by atoms with Crippen LogP contribution in [0.5, 0.6) is 0 Å². The van der Waals surface area contributed by atoms with Crippen molar-refractivity contribution in [3.8, 4) is 27.9 Å². The summed E-state index contributed by atoms with van der Waals surface area (Å²) < 4.78 is 2.36. The fourth-order valence-electron chi connectivity index (χ4n) is 6.51. The van der Waals surface area contributed by atoms with E-state index in [4.69, 9.17) is 0 Å². The molecule has 6 aromatic carbocycles. The molecule has 0 bridgehead atoms. The van der Waals surface area contributed by atoms with Crippen LogP contribution in [0, 0.1) is 0 Å². The maximum atomic E-state index is 3.89. The maximum Gasteiger partial charge on any atom is 0.0543 e. The van der Waals surface area contributed by atoms with E-state index in [1.165, 1.54) is 55.2 Å². The number of para-hydroxylation sites is 3. The van der Waals surface area contributed by atoms with Crippen LogP contribution in [-0.4, -0.2) is 4.57 Å². The van der Waals surface area contributed by atoms with Crippen molar-refractivity contribution < 1.29 is 0 Å². The summed E-state index contributed by atoms with van der Waals surface area (Å²) in [6.45, 7) is 13.7. The SMILES string of the molecule is CC(C)(C)c1cccc(-c2cccc(-c3cccc(C(C)(C)C)c3)c2Nc2ccc(-n3c4ccccc4c4ccccc43)cc2)c1. The molecule has 1 heterocycles. The minimum absolute atomic E-state index is 0.0604. The molecule has 0 unspecified atom stereocenters. The number of aromatic nitrogens is 1. The van der Waals surface area contributed by atoms with Crippen molar-refractivity contribution in [2.45, 2.75) is 52.4 Å². The molecule has 0 spiro atoms. The summed E-state index contributed by atoms with van der Waals surface area (Å²) in [4.78, 5) is 0. The average Bonchev–Trinajstić information content (AvgIpc) is 3.39. The first-order chi connectivity index (χ1) is 22.1. The van der Waals surface area contributed by atoms with Gasteiger partial charge in [-0.3, -0.25) is 0 Å². The van der Waals surface area contributed by atoms with Crippen LogP contribution in [0.1, 0.15) is 52.7 Å². The van der Waals surface area contributed by atoms with Crippen LogP contribution in [-0.2, 0) is 10.8 Å². The van der Waals surface area contributed by atoms with Gasteiger partial charge in [-0.15, -0.1) is 0 Å². The summed E-state index contributed by atoms with van der Waals surface area (Å²) >= 11 is 0. The molecule has 0 fully saturated rings. The Morgan fingerprint density at radius 1 is 0.457 bits per heavy atom. The number of rotatable bonds is 5. The van der Waals surface area contributed by atoms with Gasteiger partial charge in [-0.25, -0.2) is 0 Å². The molecule has 0 aliphatic rings. The number of anilines is 2. The molecule has 0 aliphatic heterocycles. The van der Waals surface area contributed by atoms with E-state index < -0.39 is 0 Å². The van der Waals surface area contributed by atoms with Crippen LogP contribution in [0.15, 0.2) is 140 Å². The lowest BCUT2D eigenvalue weighted by Gasteiger charge is -2.23. The number of hydrogen-bond donors (Lipinski definition) is 1. The zero-order chi connectivity index (χ0) is 32.1. The molecule has 0 radical (unpaired) electrons. The van der Waals surface area contributed by atoms with E-state index in [1.54, 1.807) is 0 Å². The third-order valence-electron chi connectivity index (χ3n) is 9.12. The quantitative estimate of drug-likeness (QED) is 0.209. The first-order valence-electron chi connectivity index (χ1n) is 16.3. The second-order valence-corrected chi connectivity index (χ2v) is 14.4. The molecular formula is C44H42N2. The summed E-state index contributed by atoms with van der Waals surface area (Å²) in [5.41, 5.74) is 13.3. The van der Waals surface area contributed by atoms with Crippen molar-refractivity contribution in [3.63, 3.8) is 0 Å². The molecule has 46 heavy (non-hydrogen) atoms. The van der Waals surface area contributed by atoms with Gasteiger partial charge in [-0.1, -0.05) is 145 Å². The molecule has 2 nitrogen and oxygen atoms in total. The molecule has 0 saturated carbocycles. The zero-order valence-corrected chi connectivity index (χ0v) is 27.7. The Morgan fingerprint density at radius 3 is 1.39 bits per heavy atom. The number of benzene rings is 6. The summed E-state index contributed by atoms with van der Waals surface area (Å²) in [5.74, 6) is 0. The molecule has 1 N–H and O–H groups in total. The Hall–Kier alpha value is -5.08. The van der Waals surface area contributed by atoms with E-state index in [1.807, 2.05) is 0 Å². The van der Waals surface area contributed by atoms with Crippen LogP contribution in [0.4, 0.5) is 11.4 Å². The van der Waals surface area contributed by atoms with Crippen LogP contribution in [0.25, 0.3) is 49.7 Å². The van der Waals surface area contributed by atoms with Crippen molar-refractivity contribution >= 4 is 33.2 Å². The van der Waals surface area contributed by atoms with Crippen molar-refractivity contribution in [3.05, 3.63) is 151 Å². The topological polar surface area (TPSA) is 17.0 Å². The Morgan fingerprint density at radius 2 is 0.913 bits per heavy atom. The van der Waals surface area contributed by atoms with Gasteiger partial charge in [0.25, 0.3) is 0 Å². The molecule has 228 valence electrons. The maximum absolute atomic E-state index is 3.89.